The maximum atomic E-state index is 11.9. The van der Waals surface area contributed by atoms with E-state index in [0.29, 0.717) is 6.61 Å². The highest BCUT2D eigenvalue weighted by Crippen LogP contribution is 2.54. The third-order valence-electron chi connectivity index (χ3n) is 4.58. The van der Waals surface area contributed by atoms with Gasteiger partial charge in [0.25, 0.3) is 0 Å². The third-order valence-corrected chi connectivity index (χ3v) is 4.58. The summed E-state index contributed by atoms with van der Waals surface area (Å²) in [5, 5.41) is 20.7. The fourth-order valence-corrected chi connectivity index (χ4v) is 3.54. The third kappa shape index (κ3) is 1.34. The van der Waals surface area contributed by atoms with Crippen LogP contribution in [0.3, 0.4) is 0 Å². The van der Waals surface area contributed by atoms with Crippen molar-refractivity contribution in [2.45, 2.75) is 37.9 Å². The lowest BCUT2D eigenvalue weighted by molar-refractivity contribution is -0.257. The zero-order valence-electron chi connectivity index (χ0n) is 10.4. The molecule has 1 saturated carbocycles. The summed E-state index contributed by atoms with van der Waals surface area (Å²) < 4.78 is 16.1. The van der Waals surface area contributed by atoms with Crippen molar-refractivity contribution >= 4 is 5.97 Å². The number of carbonyl (C=O) groups excluding carboxylic acids is 1. The predicted octanol–water partition coefficient (Wildman–Crippen LogP) is -0.721. The first-order valence-corrected chi connectivity index (χ1v) is 6.35. The Morgan fingerprint density at radius 1 is 1.56 bits per heavy atom. The molecule has 0 amide bonds. The SMILES string of the molecule is CCOC1OCC2(O)C(C)C(O)C3OC(=O)C1C32. The van der Waals surface area contributed by atoms with E-state index < -0.39 is 41.9 Å². The molecule has 0 aromatic rings. The van der Waals surface area contributed by atoms with Crippen molar-refractivity contribution in [1.82, 2.24) is 0 Å². The Balaban J connectivity index is 1.97. The number of aliphatic hydroxyl groups is 2. The largest absolute Gasteiger partial charge is 0.459 e. The molecule has 0 spiro atoms. The molecule has 7 atom stereocenters. The summed E-state index contributed by atoms with van der Waals surface area (Å²) >= 11 is 0. The second-order valence-corrected chi connectivity index (χ2v) is 5.36. The first-order valence-electron chi connectivity index (χ1n) is 6.35. The maximum Gasteiger partial charge on any atom is 0.315 e. The number of carbonyl (C=O) groups is 1. The van der Waals surface area contributed by atoms with Gasteiger partial charge in [-0.05, 0) is 6.92 Å². The highest BCUT2D eigenvalue weighted by molar-refractivity contribution is 5.77. The van der Waals surface area contributed by atoms with E-state index in [4.69, 9.17) is 14.2 Å². The van der Waals surface area contributed by atoms with Crippen LogP contribution >= 0.6 is 0 Å². The van der Waals surface area contributed by atoms with Crippen LogP contribution in [0.15, 0.2) is 0 Å². The van der Waals surface area contributed by atoms with Crippen molar-refractivity contribution in [2.75, 3.05) is 13.2 Å². The quantitative estimate of drug-likeness (QED) is 0.636. The molecule has 6 heteroatoms. The molecular weight excluding hydrogens is 240 g/mol. The molecule has 3 rings (SSSR count). The van der Waals surface area contributed by atoms with Crippen molar-refractivity contribution in [1.29, 1.82) is 0 Å². The van der Waals surface area contributed by atoms with Crippen molar-refractivity contribution in [3.05, 3.63) is 0 Å². The summed E-state index contributed by atoms with van der Waals surface area (Å²) in [6.07, 6.45) is -2.18. The average Bonchev–Trinajstić information content (AvgIpc) is 2.78. The van der Waals surface area contributed by atoms with Gasteiger partial charge >= 0.3 is 5.97 Å². The van der Waals surface area contributed by atoms with Gasteiger partial charge in [-0.2, -0.15) is 0 Å². The van der Waals surface area contributed by atoms with Crippen LogP contribution in [0, 0.1) is 17.8 Å². The number of rotatable bonds is 2. The van der Waals surface area contributed by atoms with E-state index >= 15 is 0 Å². The highest BCUT2D eigenvalue weighted by Gasteiger charge is 2.70. The van der Waals surface area contributed by atoms with E-state index in [9.17, 15) is 15.0 Å². The minimum Gasteiger partial charge on any atom is -0.459 e. The van der Waals surface area contributed by atoms with Crippen molar-refractivity contribution in [2.24, 2.45) is 17.8 Å². The number of aliphatic hydroxyl groups excluding tert-OH is 1. The molecule has 2 saturated heterocycles. The first-order chi connectivity index (χ1) is 8.50. The van der Waals surface area contributed by atoms with Gasteiger partial charge in [-0.25, -0.2) is 0 Å². The average molecular weight is 258 g/mol. The van der Waals surface area contributed by atoms with Gasteiger partial charge in [-0.3, -0.25) is 4.79 Å². The Morgan fingerprint density at radius 3 is 2.94 bits per heavy atom. The van der Waals surface area contributed by atoms with Gasteiger partial charge in [-0.15, -0.1) is 0 Å². The molecule has 6 nitrogen and oxygen atoms in total. The molecule has 2 heterocycles. The number of hydrogen-bond donors (Lipinski definition) is 2. The van der Waals surface area contributed by atoms with Crippen molar-refractivity contribution in [3.8, 4) is 0 Å². The first kappa shape index (κ1) is 12.3. The predicted molar refractivity (Wildman–Crippen MR) is 58.3 cm³/mol. The lowest BCUT2D eigenvalue weighted by atomic mass is 9.76. The van der Waals surface area contributed by atoms with Gasteiger partial charge in [0.15, 0.2) is 6.29 Å². The maximum absolute atomic E-state index is 11.9. The second kappa shape index (κ2) is 3.90. The molecule has 1 aliphatic carbocycles. The van der Waals surface area contributed by atoms with E-state index in [1.807, 2.05) is 6.92 Å². The highest BCUT2D eigenvalue weighted by atomic mass is 16.7. The Kier molecular flexibility index (Phi) is 2.68. The van der Waals surface area contributed by atoms with E-state index in [-0.39, 0.29) is 12.5 Å². The van der Waals surface area contributed by atoms with E-state index in [0.717, 1.165) is 0 Å². The van der Waals surface area contributed by atoms with Gasteiger partial charge in [-0.1, -0.05) is 6.92 Å². The monoisotopic (exact) mass is 258 g/mol. The standard InChI is InChI=1S/C12H18O6/c1-3-16-11-6-7-9(18-10(6)14)8(13)5(2)12(7,15)4-17-11/h5-9,11,13,15H,3-4H2,1-2H3. The Bertz CT molecular complexity index is 372. The Hall–Kier alpha value is -0.690. The summed E-state index contributed by atoms with van der Waals surface area (Å²) in [5.74, 6) is -1.92. The van der Waals surface area contributed by atoms with E-state index in [2.05, 4.69) is 0 Å². The zero-order chi connectivity index (χ0) is 13.1. The van der Waals surface area contributed by atoms with Crippen LogP contribution in [-0.2, 0) is 19.0 Å². The van der Waals surface area contributed by atoms with E-state index in [1.165, 1.54) is 0 Å². The molecular formula is C12H18O6. The summed E-state index contributed by atoms with van der Waals surface area (Å²) in [7, 11) is 0. The molecule has 102 valence electrons. The molecule has 18 heavy (non-hydrogen) atoms. The Labute approximate surface area is 105 Å². The lowest BCUT2D eigenvalue weighted by Gasteiger charge is -2.42. The molecule has 7 unspecified atom stereocenters. The summed E-state index contributed by atoms with van der Waals surface area (Å²) in [6.45, 7) is 4.04. The molecule has 2 N–H and O–H groups in total. The van der Waals surface area contributed by atoms with Crippen LogP contribution in [0.5, 0.6) is 0 Å². The molecule has 0 radical (unpaired) electrons. The summed E-state index contributed by atoms with van der Waals surface area (Å²) in [5.41, 5.74) is -1.21. The minimum atomic E-state index is -1.21. The van der Waals surface area contributed by atoms with Gasteiger partial charge in [0, 0.05) is 18.4 Å². The Morgan fingerprint density at radius 2 is 2.28 bits per heavy atom. The van der Waals surface area contributed by atoms with Crippen LogP contribution in [0.4, 0.5) is 0 Å². The number of esters is 1. The number of ether oxygens (including phenoxy) is 3. The van der Waals surface area contributed by atoms with Crippen LogP contribution in [0.1, 0.15) is 13.8 Å². The van der Waals surface area contributed by atoms with Gasteiger partial charge in [0.1, 0.15) is 17.6 Å². The molecule has 3 aliphatic rings. The van der Waals surface area contributed by atoms with Crippen molar-refractivity contribution in [3.63, 3.8) is 0 Å². The van der Waals surface area contributed by atoms with E-state index in [1.54, 1.807) is 6.92 Å². The number of hydrogen-bond acceptors (Lipinski definition) is 6. The van der Waals surface area contributed by atoms with Crippen LogP contribution in [0.25, 0.3) is 0 Å². The summed E-state index contributed by atoms with van der Waals surface area (Å²) in [6, 6.07) is 0. The van der Waals surface area contributed by atoms with Crippen LogP contribution in [-0.4, -0.2) is 53.5 Å². The fourth-order valence-electron chi connectivity index (χ4n) is 3.54. The van der Waals surface area contributed by atoms with Gasteiger partial charge in [0.05, 0.1) is 12.7 Å². The molecule has 0 aromatic heterocycles. The molecule has 0 bridgehead atoms. The zero-order valence-corrected chi connectivity index (χ0v) is 10.4. The molecule has 0 aromatic carbocycles. The second-order valence-electron chi connectivity index (χ2n) is 5.36. The van der Waals surface area contributed by atoms with Gasteiger partial charge < -0.3 is 24.4 Å². The van der Waals surface area contributed by atoms with Gasteiger partial charge in [0.2, 0.25) is 0 Å². The summed E-state index contributed by atoms with van der Waals surface area (Å²) in [4.78, 5) is 11.9. The molecule has 2 aliphatic heterocycles. The lowest BCUT2D eigenvalue weighted by Crippen LogP contribution is -2.56. The molecule has 3 fully saturated rings. The topological polar surface area (TPSA) is 85.2 Å². The van der Waals surface area contributed by atoms with Crippen LogP contribution in [0.2, 0.25) is 0 Å². The minimum absolute atomic E-state index is 0.0597. The van der Waals surface area contributed by atoms with Crippen LogP contribution < -0.4 is 0 Å². The van der Waals surface area contributed by atoms with Crippen molar-refractivity contribution < 1.29 is 29.2 Å². The smallest absolute Gasteiger partial charge is 0.315 e. The normalized spacial score (nSPS) is 54.3. The fraction of sp³-hybridized carbons (Fsp3) is 0.917.